The van der Waals surface area contributed by atoms with Crippen molar-refractivity contribution in [3.63, 3.8) is 0 Å². The highest BCUT2D eigenvalue weighted by Gasteiger charge is 2.39. The van der Waals surface area contributed by atoms with E-state index in [2.05, 4.69) is 57.8 Å². The third-order valence-electron chi connectivity index (χ3n) is 8.59. The van der Waals surface area contributed by atoms with Gasteiger partial charge < -0.3 is 24.6 Å². The summed E-state index contributed by atoms with van der Waals surface area (Å²) in [6, 6.07) is 12.5. The molecule has 42 heavy (non-hydrogen) atoms. The van der Waals surface area contributed by atoms with Gasteiger partial charge in [-0.3, -0.25) is 4.79 Å². The summed E-state index contributed by atoms with van der Waals surface area (Å²) in [6.07, 6.45) is 8.11. The van der Waals surface area contributed by atoms with Crippen molar-refractivity contribution < 1.29 is 9.84 Å². The van der Waals surface area contributed by atoms with Gasteiger partial charge in [-0.2, -0.15) is 4.98 Å². The van der Waals surface area contributed by atoms with E-state index in [0.717, 1.165) is 37.0 Å². The zero-order chi connectivity index (χ0) is 29.0. The zero-order valence-electron chi connectivity index (χ0n) is 23.8. The molecule has 0 unspecified atom stereocenters. The maximum absolute atomic E-state index is 13.4. The molecular formula is C31H34N8O3. The zero-order valence-corrected chi connectivity index (χ0v) is 23.8. The van der Waals surface area contributed by atoms with Crippen LogP contribution < -0.4 is 15.6 Å². The van der Waals surface area contributed by atoms with Crippen molar-refractivity contribution in [2.24, 2.45) is 0 Å². The number of nitrogens with one attached hydrogen (secondary N) is 1. The summed E-state index contributed by atoms with van der Waals surface area (Å²) in [5.41, 5.74) is 1.47. The van der Waals surface area contributed by atoms with E-state index in [1.54, 1.807) is 22.9 Å². The van der Waals surface area contributed by atoms with Crippen LogP contribution in [0, 0.1) is 0 Å². The number of ether oxygens (including phenoxy) is 1. The van der Waals surface area contributed by atoms with Crippen molar-refractivity contribution in [3.8, 4) is 11.6 Å². The SMILES string of the molecule is C=CCn1c(=O)c2cnc(Nc3ccc4c(ccn4C4CCN(C)CC4)c3)nc2n1-c1ccc2c(n1)[C@@](O)(CC)CO2. The molecule has 2 N–H and O–H groups in total. The van der Waals surface area contributed by atoms with Crippen LogP contribution in [0.4, 0.5) is 11.6 Å². The summed E-state index contributed by atoms with van der Waals surface area (Å²) in [5, 5.41) is 15.9. The fourth-order valence-corrected chi connectivity index (χ4v) is 6.11. The van der Waals surface area contributed by atoms with Crippen LogP contribution in [-0.4, -0.2) is 65.6 Å². The number of fused-ring (bicyclic) bond motifs is 3. The molecule has 2 aliphatic rings. The molecule has 11 nitrogen and oxygen atoms in total. The van der Waals surface area contributed by atoms with Crippen LogP contribution in [0.5, 0.6) is 5.75 Å². The molecule has 0 radical (unpaired) electrons. The molecular weight excluding hydrogens is 532 g/mol. The van der Waals surface area contributed by atoms with Crippen molar-refractivity contribution >= 4 is 33.6 Å². The summed E-state index contributed by atoms with van der Waals surface area (Å²) in [7, 11) is 2.18. The monoisotopic (exact) mass is 566 g/mol. The molecule has 0 aliphatic carbocycles. The molecule has 0 saturated carbocycles. The summed E-state index contributed by atoms with van der Waals surface area (Å²) < 4.78 is 11.2. The molecule has 1 fully saturated rings. The van der Waals surface area contributed by atoms with Crippen molar-refractivity contribution in [2.75, 3.05) is 32.1 Å². The van der Waals surface area contributed by atoms with Crippen LogP contribution in [0.1, 0.15) is 37.9 Å². The molecule has 0 bridgehead atoms. The fraction of sp³-hybridized carbons (Fsp3) is 0.355. The Labute approximate surface area is 242 Å². The van der Waals surface area contributed by atoms with Crippen LogP contribution in [0.2, 0.25) is 0 Å². The minimum absolute atomic E-state index is 0.142. The third kappa shape index (κ3) is 4.27. The largest absolute Gasteiger partial charge is 0.488 e. The van der Waals surface area contributed by atoms with Gasteiger partial charge in [-0.1, -0.05) is 13.0 Å². The molecule has 0 spiro atoms. The van der Waals surface area contributed by atoms with Crippen LogP contribution in [0.3, 0.4) is 0 Å². The number of anilines is 2. The second-order valence-corrected chi connectivity index (χ2v) is 11.3. The number of rotatable bonds is 7. The van der Waals surface area contributed by atoms with Crippen LogP contribution >= 0.6 is 0 Å². The highest BCUT2D eigenvalue weighted by atomic mass is 16.5. The quantitative estimate of drug-likeness (QED) is 0.283. The lowest BCUT2D eigenvalue weighted by Crippen LogP contribution is -2.31. The molecule has 6 heterocycles. The number of piperidine rings is 1. The Kier molecular flexibility index (Phi) is 6.36. The summed E-state index contributed by atoms with van der Waals surface area (Å²) in [6.45, 7) is 8.32. The minimum Gasteiger partial charge on any atom is -0.488 e. The molecule has 2 aliphatic heterocycles. The Hall–Kier alpha value is -4.48. The first-order valence-corrected chi connectivity index (χ1v) is 14.4. The summed E-state index contributed by atoms with van der Waals surface area (Å²) in [5.74, 6) is 1.34. The van der Waals surface area contributed by atoms with E-state index in [1.807, 2.05) is 13.0 Å². The number of pyridine rings is 1. The second-order valence-electron chi connectivity index (χ2n) is 11.3. The number of benzene rings is 1. The summed E-state index contributed by atoms with van der Waals surface area (Å²) in [4.78, 5) is 29.8. The van der Waals surface area contributed by atoms with Gasteiger partial charge in [0.25, 0.3) is 5.56 Å². The van der Waals surface area contributed by atoms with Crippen LogP contribution in [0.15, 0.2) is 66.2 Å². The third-order valence-corrected chi connectivity index (χ3v) is 8.59. The lowest BCUT2D eigenvalue weighted by Gasteiger charge is -2.30. The standard InChI is InChI=1S/C31H34N8O3/c1-4-13-38-29(40)23-18-32-30(35-28(23)39(38)26-9-8-25-27(34-26)31(41,5-2)19-42-25)33-21-6-7-24-20(17-21)10-16-37(24)22-11-14-36(3)15-12-22/h4,6-10,16-18,22,41H,1,5,11-15,19H2,2-3H3,(H,32,33,35)/t31-/m1/s1. The van der Waals surface area contributed by atoms with Crippen molar-refractivity contribution in [2.45, 2.75) is 44.4 Å². The van der Waals surface area contributed by atoms with Gasteiger partial charge in [0, 0.05) is 35.0 Å². The van der Waals surface area contributed by atoms with Gasteiger partial charge in [0.15, 0.2) is 11.5 Å². The van der Waals surface area contributed by atoms with E-state index < -0.39 is 5.60 Å². The fourth-order valence-electron chi connectivity index (χ4n) is 6.11. The Balaban J connectivity index is 1.26. The number of allylic oxidation sites excluding steroid dienone is 1. The van der Waals surface area contributed by atoms with Gasteiger partial charge >= 0.3 is 0 Å². The molecule has 1 aromatic carbocycles. The summed E-state index contributed by atoms with van der Waals surface area (Å²) >= 11 is 0. The van der Waals surface area contributed by atoms with Crippen LogP contribution in [-0.2, 0) is 12.1 Å². The first-order chi connectivity index (χ1) is 20.4. The Bertz CT molecular complexity index is 1880. The van der Waals surface area contributed by atoms with E-state index in [-0.39, 0.29) is 18.7 Å². The molecule has 5 aromatic rings. The van der Waals surface area contributed by atoms with E-state index in [1.165, 1.54) is 16.4 Å². The van der Waals surface area contributed by atoms with E-state index in [0.29, 0.717) is 46.7 Å². The van der Waals surface area contributed by atoms with Crippen LogP contribution in [0.25, 0.3) is 27.8 Å². The van der Waals surface area contributed by atoms with Gasteiger partial charge in [-0.05, 0) is 75.8 Å². The number of nitrogens with zero attached hydrogens (tertiary/aromatic N) is 7. The van der Waals surface area contributed by atoms with Gasteiger partial charge in [0.05, 0.1) is 6.54 Å². The Morgan fingerprint density at radius 3 is 2.81 bits per heavy atom. The molecule has 1 atom stereocenters. The van der Waals surface area contributed by atoms with Crippen molar-refractivity contribution in [3.05, 3.63) is 77.5 Å². The number of aromatic nitrogens is 6. The van der Waals surface area contributed by atoms with Gasteiger partial charge in [0.1, 0.15) is 29.0 Å². The molecule has 11 heteroatoms. The molecule has 216 valence electrons. The first-order valence-electron chi connectivity index (χ1n) is 14.4. The lowest BCUT2D eigenvalue weighted by atomic mass is 9.98. The number of likely N-dealkylation sites (tertiary alicyclic amines) is 1. The maximum atomic E-state index is 13.4. The second kappa shape index (κ2) is 10.1. The van der Waals surface area contributed by atoms with Gasteiger partial charge in [-0.25, -0.2) is 19.3 Å². The number of hydrogen-bond donors (Lipinski definition) is 2. The van der Waals surface area contributed by atoms with Gasteiger partial charge in [-0.15, -0.1) is 6.58 Å². The molecule has 7 rings (SSSR count). The van der Waals surface area contributed by atoms with E-state index in [4.69, 9.17) is 14.7 Å². The Morgan fingerprint density at radius 1 is 1.19 bits per heavy atom. The molecule has 1 saturated heterocycles. The van der Waals surface area contributed by atoms with Gasteiger partial charge in [0.2, 0.25) is 5.95 Å². The lowest BCUT2D eigenvalue weighted by molar-refractivity contribution is 0.01000. The minimum atomic E-state index is -1.19. The first kappa shape index (κ1) is 26.4. The average Bonchev–Trinajstić information content (AvgIpc) is 3.66. The smallest absolute Gasteiger partial charge is 0.278 e. The molecule has 0 amide bonds. The normalized spacial score (nSPS) is 19.3. The predicted molar refractivity (Wildman–Crippen MR) is 162 cm³/mol. The Morgan fingerprint density at radius 2 is 2.02 bits per heavy atom. The van der Waals surface area contributed by atoms with Crippen molar-refractivity contribution in [1.29, 1.82) is 0 Å². The topological polar surface area (TPSA) is 115 Å². The maximum Gasteiger partial charge on any atom is 0.278 e. The van der Waals surface area contributed by atoms with Crippen molar-refractivity contribution in [1.82, 2.24) is 33.8 Å². The highest BCUT2D eigenvalue weighted by molar-refractivity contribution is 5.85. The molecule has 4 aromatic heterocycles. The predicted octanol–water partition coefficient (Wildman–Crippen LogP) is 4.12. The average molecular weight is 567 g/mol. The number of hydrogen-bond acceptors (Lipinski definition) is 8. The van der Waals surface area contributed by atoms with E-state index in [9.17, 15) is 9.90 Å². The number of aliphatic hydroxyl groups is 1. The van der Waals surface area contributed by atoms with E-state index >= 15 is 0 Å². The highest BCUT2D eigenvalue weighted by Crippen LogP contribution is 2.38.